The van der Waals surface area contributed by atoms with Crippen LogP contribution in [0.1, 0.15) is 5.82 Å². The molecule has 2 N–H and O–H groups in total. The van der Waals surface area contributed by atoms with Crippen LogP contribution in [0.3, 0.4) is 0 Å². The summed E-state index contributed by atoms with van der Waals surface area (Å²) in [5.74, 6) is 2.13. The van der Waals surface area contributed by atoms with Gasteiger partial charge in [0.2, 0.25) is 5.88 Å². The van der Waals surface area contributed by atoms with Crippen molar-refractivity contribution in [2.24, 2.45) is 0 Å². The third-order valence-electron chi connectivity index (χ3n) is 4.00. The van der Waals surface area contributed by atoms with E-state index in [1.165, 1.54) is 0 Å². The molecule has 2 aromatic carbocycles. The maximum atomic E-state index is 12.2. The van der Waals surface area contributed by atoms with Gasteiger partial charge in [-0.15, -0.1) is 0 Å². The van der Waals surface area contributed by atoms with Crippen LogP contribution in [-0.4, -0.2) is 25.8 Å². The third-order valence-corrected chi connectivity index (χ3v) is 4.33. The Labute approximate surface area is 177 Å². The average molecular weight is 421 g/mol. The molecule has 2 heterocycles. The Morgan fingerprint density at radius 1 is 1.03 bits per heavy atom. The first kappa shape index (κ1) is 19.4. The largest absolute Gasteiger partial charge is 0.439 e. The lowest BCUT2D eigenvalue weighted by Gasteiger charge is -2.10. The van der Waals surface area contributed by atoms with Gasteiger partial charge in [-0.3, -0.25) is 0 Å². The van der Waals surface area contributed by atoms with E-state index in [1.807, 2.05) is 6.07 Å². The fraction of sp³-hybridized carbons (Fsp3) is 0.0476. The normalized spacial score (nSPS) is 10.5. The SMILES string of the molecule is Cc1nc(Oc2ccc(NC(=O)Nc3ccccc3Cl)cc2)cc(-n2cccn2)n1. The molecule has 0 atom stereocenters. The zero-order valence-electron chi connectivity index (χ0n) is 15.9. The summed E-state index contributed by atoms with van der Waals surface area (Å²) in [6.07, 6.45) is 3.46. The van der Waals surface area contributed by atoms with Crippen molar-refractivity contribution >= 4 is 29.0 Å². The predicted molar refractivity (Wildman–Crippen MR) is 115 cm³/mol. The summed E-state index contributed by atoms with van der Waals surface area (Å²) in [4.78, 5) is 20.8. The molecular weight excluding hydrogens is 404 g/mol. The highest BCUT2D eigenvalue weighted by molar-refractivity contribution is 6.33. The van der Waals surface area contributed by atoms with Crippen molar-refractivity contribution in [1.82, 2.24) is 19.7 Å². The average Bonchev–Trinajstić information content (AvgIpc) is 3.26. The highest BCUT2D eigenvalue weighted by atomic mass is 35.5. The molecule has 0 saturated heterocycles. The monoisotopic (exact) mass is 420 g/mol. The fourth-order valence-corrected chi connectivity index (χ4v) is 2.86. The second kappa shape index (κ2) is 8.62. The number of halogens is 1. The number of carbonyl (C=O) groups excluding carboxylic acids is 1. The van der Waals surface area contributed by atoms with Gasteiger partial charge in [0.05, 0.1) is 10.7 Å². The van der Waals surface area contributed by atoms with Gasteiger partial charge in [-0.05, 0) is 49.4 Å². The number of anilines is 2. The molecule has 2 aromatic heterocycles. The maximum Gasteiger partial charge on any atom is 0.323 e. The van der Waals surface area contributed by atoms with Crippen LogP contribution in [-0.2, 0) is 0 Å². The summed E-state index contributed by atoms with van der Waals surface area (Å²) >= 11 is 6.05. The minimum absolute atomic E-state index is 0.394. The molecule has 0 radical (unpaired) electrons. The van der Waals surface area contributed by atoms with E-state index in [-0.39, 0.29) is 0 Å². The molecule has 0 bridgehead atoms. The number of amides is 2. The van der Waals surface area contributed by atoms with Crippen molar-refractivity contribution in [3.63, 3.8) is 0 Å². The number of hydrogen-bond donors (Lipinski definition) is 2. The standard InChI is InChI=1S/C21H17ClN6O2/c1-14-24-19(28-12-4-11-23-28)13-20(25-14)30-16-9-7-15(8-10-16)26-21(29)27-18-6-3-2-5-17(18)22/h2-13H,1H3,(H2,26,27,29). The Bertz CT molecular complexity index is 1160. The van der Waals surface area contributed by atoms with E-state index in [1.54, 1.807) is 78.6 Å². The van der Waals surface area contributed by atoms with Crippen molar-refractivity contribution < 1.29 is 9.53 Å². The molecule has 2 amide bonds. The zero-order chi connectivity index (χ0) is 20.9. The molecule has 0 unspecified atom stereocenters. The third kappa shape index (κ3) is 4.73. The zero-order valence-corrected chi connectivity index (χ0v) is 16.7. The molecule has 0 saturated carbocycles. The van der Waals surface area contributed by atoms with E-state index in [9.17, 15) is 4.79 Å². The van der Waals surface area contributed by atoms with Crippen molar-refractivity contribution in [3.8, 4) is 17.4 Å². The molecule has 0 aliphatic rings. The minimum Gasteiger partial charge on any atom is -0.439 e. The lowest BCUT2D eigenvalue weighted by Crippen LogP contribution is -2.19. The predicted octanol–water partition coefficient (Wildman–Crippen LogP) is 5.06. The van der Waals surface area contributed by atoms with E-state index < -0.39 is 6.03 Å². The Balaban J connectivity index is 1.42. The van der Waals surface area contributed by atoms with Crippen LogP contribution in [0, 0.1) is 6.92 Å². The number of rotatable bonds is 5. The molecule has 0 spiro atoms. The molecule has 9 heteroatoms. The van der Waals surface area contributed by atoms with Gasteiger partial charge in [0, 0.05) is 24.1 Å². The van der Waals surface area contributed by atoms with Crippen molar-refractivity contribution in [2.75, 3.05) is 10.6 Å². The summed E-state index contributed by atoms with van der Waals surface area (Å²) in [7, 11) is 0. The van der Waals surface area contributed by atoms with Gasteiger partial charge in [-0.25, -0.2) is 14.5 Å². The van der Waals surface area contributed by atoms with E-state index in [0.717, 1.165) is 0 Å². The van der Waals surface area contributed by atoms with E-state index >= 15 is 0 Å². The van der Waals surface area contributed by atoms with E-state index in [2.05, 4.69) is 25.7 Å². The minimum atomic E-state index is -0.396. The summed E-state index contributed by atoms with van der Waals surface area (Å²) in [5.41, 5.74) is 1.13. The quantitative estimate of drug-likeness (QED) is 0.470. The number of hydrogen-bond acceptors (Lipinski definition) is 5. The van der Waals surface area contributed by atoms with Gasteiger partial charge < -0.3 is 15.4 Å². The lowest BCUT2D eigenvalue weighted by molar-refractivity contribution is 0.262. The van der Waals surface area contributed by atoms with Crippen LogP contribution in [0.4, 0.5) is 16.2 Å². The molecule has 0 aliphatic carbocycles. The summed E-state index contributed by atoms with van der Waals surface area (Å²) in [6, 6.07) is 17.0. The van der Waals surface area contributed by atoms with Gasteiger partial charge in [-0.2, -0.15) is 10.1 Å². The van der Waals surface area contributed by atoms with Gasteiger partial charge in [0.15, 0.2) is 5.82 Å². The number of benzene rings is 2. The Morgan fingerprint density at radius 3 is 2.57 bits per heavy atom. The maximum absolute atomic E-state index is 12.2. The number of nitrogens with zero attached hydrogens (tertiary/aromatic N) is 4. The number of nitrogens with one attached hydrogen (secondary N) is 2. The molecule has 0 aliphatic heterocycles. The van der Waals surface area contributed by atoms with Crippen molar-refractivity contribution in [3.05, 3.63) is 83.9 Å². The second-order valence-electron chi connectivity index (χ2n) is 6.25. The van der Waals surface area contributed by atoms with Gasteiger partial charge >= 0.3 is 6.03 Å². The van der Waals surface area contributed by atoms with Gasteiger partial charge in [0.25, 0.3) is 0 Å². The fourth-order valence-electron chi connectivity index (χ4n) is 2.67. The smallest absolute Gasteiger partial charge is 0.323 e. The number of carbonyl (C=O) groups is 1. The number of aryl methyl sites for hydroxylation is 1. The molecule has 150 valence electrons. The van der Waals surface area contributed by atoms with Crippen molar-refractivity contribution in [2.45, 2.75) is 6.92 Å². The highest BCUT2D eigenvalue weighted by Crippen LogP contribution is 2.24. The molecule has 8 nitrogen and oxygen atoms in total. The molecule has 4 aromatic rings. The van der Waals surface area contributed by atoms with Gasteiger partial charge in [0.1, 0.15) is 11.6 Å². The highest BCUT2D eigenvalue weighted by Gasteiger charge is 2.08. The number of urea groups is 1. The summed E-state index contributed by atoms with van der Waals surface area (Å²) < 4.78 is 7.46. The van der Waals surface area contributed by atoms with Crippen LogP contribution < -0.4 is 15.4 Å². The van der Waals surface area contributed by atoms with Crippen LogP contribution in [0.25, 0.3) is 5.82 Å². The van der Waals surface area contributed by atoms with Crippen LogP contribution >= 0.6 is 11.6 Å². The molecular formula is C21H17ClN6O2. The molecule has 0 fully saturated rings. The van der Waals surface area contributed by atoms with Crippen molar-refractivity contribution in [1.29, 1.82) is 0 Å². The molecule has 4 rings (SSSR count). The van der Waals surface area contributed by atoms with E-state index in [4.69, 9.17) is 16.3 Å². The first-order valence-electron chi connectivity index (χ1n) is 9.03. The van der Waals surface area contributed by atoms with Crippen LogP contribution in [0.5, 0.6) is 11.6 Å². The van der Waals surface area contributed by atoms with Crippen LogP contribution in [0.2, 0.25) is 5.02 Å². The topological polar surface area (TPSA) is 94.0 Å². The first-order valence-corrected chi connectivity index (χ1v) is 9.41. The van der Waals surface area contributed by atoms with Gasteiger partial charge in [-0.1, -0.05) is 23.7 Å². The number of para-hydroxylation sites is 1. The first-order chi connectivity index (χ1) is 14.6. The van der Waals surface area contributed by atoms with E-state index in [0.29, 0.717) is 39.7 Å². The number of ether oxygens (including phenoxy) is 1. The van der Waals surface area contributed by atoms with Crippen LogP contribution in [0.15, 0.2) is 73.1 Å². The second-order valence-corrected chi connectivity index (χ2v) is 6.65. The molecule has 30 heavy (non-hydrogen) atoms. The number of aromatic nitrogens is 4. The summed E-state index contributed by atoms with van der Waals surface area (Å²) in [6.45, 7) is 1.78. The Hall–Kier alpha value is -3.91. The lowest BCUT2D eigenvalue weighted by atomic mass is 10.3. The summed E-state index contributed by atoms with van der Waals surface area (Å²) in [5, 5.41) is 10.1. The Morgan fingerprint density at radius 2 is 1.83 bits per heavy atom. The Kier molecular flexibility index (Phi) is 5.58.